The monoisotopic (exact) mass is 292 g/mol. The van der Waals surface area contributed by atoms with E-state index in [2.05, 4.69) is 4.90 Å². The summed E-state index contributed by atoms with van der Waals surface area (Å²) in [6.07, 6.45) is 6.39. The maximum absolute atomic E-state index is 12.9. The molecule has 1 aliphatic carbocycles. The lowest BCUT2D eigenvalue weighted by Gasteiger charge is -2.44. The molecule has 3 rings (SSSR count). The standard InChI is InChI=1S/C17H25FN2O/c18-14-7-5-13(6-8-14)15(19)9-10-20-11-12-21-17-4-2-1-3-16(17)20/h5-8,15-17H,1-4,9-12,19H2. The number of rotatable bonds is 4. The van der Waals surface area contributed by atoms with E-state index in [1.54, 1.807) is 12.1 Å². The number of nitrogens with zero attached hydrogens (tertiary/aromatic N) is 1. The van der Waals surface area contributed by atoms with Crippen LogP contribution in [-0.4, -0.2) is 36.7 Å². The Bertz CT molecular complexity index is 449. The molecule has 3 nitrogen and oxygen atoms in total. The van der Waals surface area contributed by atoms with Crippen LogP contribution in [0.15, 0.2) is 24.3 Å². The van der Waals surface area contributed by atoms with Gasteiger partial charge in [0.25, 0.3) is 0 Å². The molecule has 0 aromatic heterocycles. The van der Waals surface area contributed by atoms with Crippen LogP contribution in [0, 0.1) is 5.82 Å². The second-order valence-corrected chi connectivity index (χ2v) is 6.24. The highest BCUT2D eigenvalue weighted by molar-refractivity contribution is 5.19. The molecular weight excluding hydrogens is 267 g/mol. The summed E-state index contributed by atoms with van der Waals surface area (Å²) >= 11 is 0. The fraction of sp³-hybridized carbons (Fsp3) is 0.647. The van der Waals surface area contributed by atoms with Gasteiger partial charge in [-0.2, -0.15) is 0 Å². The fourth-order valence-corrected chi connectivity index (χ4v) is 3.64. The van der Waals surface area contributed by atoms with E-state index in [0.29, 0.717) is 12.1 Å². The van der Waals surface area contributed by atoms with Crippen molar-refractivity contribution >= 4 is 0 Å². The lowest BCUT2D eigenvalue weighted by Crippen LogP contribution is -2.53. The van der Waals surface area contributed by atoms with Crippen LogP contribution in [0.25, 0.3) is 0 Å². The number of halogens is 1. The highest BCUT2D eigenvalue weighted by Crippen LogP contribution is 2.29. The molecule has 0 amide bonds. The molecule has 1 aromatic carbocycles. The summed E-state index contributed by atoms with van der Waals surface area (Å²) in [6.45, 7) is 2.85. The van der Waals surface area contributed by atoms with Gasteiger partial charge in [-0.3, -0.25) is 4.90 Å². The molecule has 1 heterocycles. The van der Waals surface area contributed by atoms with Crippen molar-refractivity contribution in [3.05, 3.63) is 35.6 Å². The normalized spacial score (nSPS) is 28.1. The van der Waals surface area contributed by atoms with Crippen LogP contribution in [0.1, 0.15) is 43.7 Å². The highest BCUT2D eigenvalue weighted by atomic mass is 19.1. The van der Waals surface area contributed by atoms with Gasteiger partial charge in [0, 0.05) is 25.2 Å². The maximum atomic E-state index is 12.9. The van der Waals surface area contributed by atoms with E-state index in [4.69, 9.17) is 10.5 Å². The Kier molecular flexibility index (Phi) is 4.88. The van der Waals surface area contributed by atoms with Gasteiger partial charge in [0.1, 0.15) is 5.82 Å². The summed E-state index contributed by atoms with van der Waals surface area (Å²) in [5.74, 6) is -0.204. The fourth-order valence-electron chi connectivity index (χ4n) is 3.64. The zero-order valence-electron chi connectivity index (χ0n) is 12.5. The van der Waals surface area contributed by atoms with Crippen LogP contribution >= 0.6 is 0 Å². The summed E-state index contributed by atoms with van der Waals surface area (Å²) in [5, 5.41) is 0. The lowest BCUT2D eigenvalue weighted by molar-refractivity contribution is -0.0885. The smallest absolute Gasteiger partial charge is 0.123 e. The van der Waals surface area contributed by atoms with Crippen molar-refractivity contribution in [2.24, 2.45) is 5.73 Å². The van der Waals surface area contributed by atoms with Crippen LogP contribution in [0.3, 0.4) is 0 Å². The third-order valence-corrected chi connectivity index (χ3v) is 4.87. The quantitative estimate of drug-likeness (QED) is 0.927. The molecule has 0 radical (unpaired) electrons. The van der Waals surface area contributed by atoms with Gasteiger partial charge in [0.15, 0.2) is 0 Å². The second-order valence-electron chi connectivity index (χ2n) is 6.24. The predicted octanol–water partition coefficient (Wildman–Crippen LogP) is 2.86. The average Bonchev–Trinajstić information content (AvgIpc) is 2.53. The van der Waals surface area contributed by atoms with Crippen LogP contribution in [0.4, 0.5) is 4.39 Å². The first-order valence-corrected chi connectivity index (χ1v) is 8.11. The molecular formula is C17H25FN2O. The van der Waals surface area contributed by atoms with E-state index >= 15 is 0 Å². The molecule has 1 aromatic rings. The van der Waals surface area contributed by atoms with Crippen LogP contribution < -0.4 is 5.73 Å². The molecule has 0 spiro atoms. The summed E-state index contributed by atoms with van der Waals surface area (Å²) in [5.41, 5.74) is 7.27. The molecule has 21 heavy (non-hydrogen) atoms. The number of ether oxygens (including phenoxy) is 1. The minimum atomic E-state index is -0.204. The summed E-state index contributed by atoms with van der Waals surface area (Å²) in [4.78, 5) is 2.55. The van der Waals surface area contributed by atoms with Crippen molar-refractivity contribution in [1.29, 1.82) is 0 Å². The number of benzene rings is 1. The molecule has 2 N–H and O–H groups in total. The van der Waals surface area contributed by atoms with E-state index in [1.165, 1.54) is 37.8 Å². The molecule has 0 bridgehead atoms. The zero-order chi connectivity index (χ0) is 14.7. The van der Waals surface area contributed by atoms with Crippen molar-refractivity contribution in [2.75, 3.05) is 19.7 Å². The Labute approximate surface area is 126 Å². The predicted molar refractivity (Wildman–Crippen MR) is 81.5 cm³/mol. The number of hydrogen-bond donors (Lipinski definition) is 1. The Morgan fingerprint density at radius 1 is 1.24 bits per heavy atom. The first-order chi connectivity index (χ1) is 10.2. The summed E-state index contributed by atoms with van der Waals surface area (Å²) in [6, 6.07) is 7.12. The van der Waals surface area contributed by atoms with E-state index in [-0.39, 0.29) is 11.9 Å². The van der Waals surface area contributed by atoms with Crippen molar-refractivity contribution in [2.45, 2.75) is 50.3 Å². The van der Waals surface area contributed by atoms with Crippen molar-refractivity contribution in [3.63, 3.8) is 0 Å². The minimum absolute atomic E-state index is 0.0181. The van der Waals surface area contributed by atoms with Gasteiger partial charge < -0.3 is 10.5 Å². The van der Waals surface area contributed by atoms with E-state index < -0.39 is 0 Å². The zero-order valence-corrected chi connectivity index (χ0v) is 12.5. The maximum Gasteiger partial charge on any atom is 0.123 e. The summed E-state index contributed by atoms with van der Waals surface area (Å²) in [7, 11) is 0. The average molecular weight is 292 g/mol. The Morgan fingerprint density at radius 3 is 2.81 bits per heavy atom. The van der Waals surface area contributed by atoms with Gasteiger partial charge in [-0.25, -0.2) is 4.39 Å². The van der Waals surface area contributed by atoms with Gasteiger partial charge in [-0.05, 0) is 37.0 Å². The van der Waals surface area contributed by atoms with Gasteiger partial charge in [-0.1, -0.05) is 25.0 Å². The lowest BCUT2D eigenvalue weighted by atomic mass is 9.90. The number of fused-ring (bicyclic) bond motifs is 1. The SMILES string of the molecule is NC(CCN1CCOC2CCCCC21)c1ccc(F)cc1. The highest BCUT2D eigenvalue weighted by Gasteiger charge is 2.33. The molecule has 3 atom stereocenters. The third kappa shape index (κ3) is 3.62. The third-order valence-electron chi connectivity index (χ3n) is 4.87. The molecule has 1 saturated carbocycles. The molecule has 116 valence electrons. The van der Waals surface area contributed by atoms with Crippen molar-refractivity contribution in [3.8, 4) is 0 Å². The van der Waals surface area contributed by atoms with Crippen LogP contribution in [-0.2, 0) is 4.74 Å². The van der Waals surface area contributed by atoms with Gasteiger partial charge in [0.2, 0.25) is 0 Å². The number of nitrogens with two attached hydrogens (primary N) is 1. The van der Waals surface area contributed by atoms with Gasteiger partial charge in [-0.15, -0.1) is 0 Å². The van der Waals surface area contributed by atoms with E-state index in [1.807, 2.05) is 0 Å². The molecule has 2 fully saturated rings. The molecule has 1 saturated heterocycles. The Balaban J connectivity index is 1.55. The van der Waals surface area contributed by atoms with Crippen LogP contribution in [0.5, 0.6) is 0 Å². The van der Waals surface area contributed by atoms with Gasteiger partial charge >= 0.3 is 0 Å². The second kappa shape index (κ2) is 6.86. The number of morpholine rings is 1. The van der Waals surface area contributed by atoms with Crippen molar-refractivity contribution in [1.82, 2.24) is 4.90 Å². The Hall–Kier alpha value is -0.970. The molecule has 3 unspecified atom stereocenters. The minimum Gasteiger partial charge on any atom is -0.375 e. The van der Waals surface area contributed by atoms with Crippen molar-refractivity contribution < 1.29 is 9.13 Å². The number of hydrogen-bond acceptors (Lipinski definition) is 3. The van der Waals surface area contributed by atoms with Gasteiger partial charge in [0.05, 0.1) is 12.7 Å². The van der Waals surface area contributed by atoms with E-state index in [0.717, 1.165) is 31.7 Å². The van der Waals surface area contributed by atoms with Crippen LogP contribution in [0.2, 0.25) is 0 Å². The largest absolute Gasteiger partial charge is 0.375 e. The summed E-state index contributed by atoms with van der Waals surface area (Å²) < 4.78 is 18.9. The Morgan fingerprint density at radius 2 is 2.00 bits per heavy atom. The first kappa shape index (κ1) is 14.9. The molecule has 4 heteroatoms. The topological polar surface area (TPSA) is 38.5 Å². The van der Waals surface area contributed by atoms with E-state index in [9.17, 15) is 4.39 Å². The first-order valence-electron chi connectivity index (χ1n) is 8.11. The molecule has 1 aliphatic heterocycles. The molecule has 2 aliphatic rings.